The van der Waals surface area contributed by atoms with Gasteiger partial charge < -0.3 is 4.74 Å². The Bertz CT molecular complexity index is 954. The van der Waals surface area contributed by atoms with E-state index >= 15 is 0 Å². The minimum atomic E-state index is -0.0584. The van der Waals surface area contributed by atoms with Crippen molar-refractivity contribution in [2.24, 2.45) is 5.41 Å². The lowest BCUT2D eigenvalue weighted by atomic mass is 9.75. The largest absolute Gasteiger partial charge is 0.497 e. The quantitative estimate of drug-likeness (QED) is 0.690. The van der Waals surface area contributed by atoms with Gasteiger partial charge in [-0.2, -0.15) is 5.10 Å². The Hall–Kier alpha value is -2.88. The molecule has 0 N–H and O–H groups in total. The summed E-state index contributed by atoms with van der Waals surface area (Å²) in [7, 11) is 1.65. The number of hydrogen-bond acceptors (Lipinski definition) is 3. The zero-order valence-electron chi connectivity index (χ0n) is 15.3. The second-order valence-corrected chi connectivity index (χ2v) is 7.59. The van der Waals surface area contributed by atoms with E-state index < -0.39 is 0 Å². The van der Waals surface area contributed by atoms with Crippen molar-refractivity contribution < 1.29 is 9.53 Å². The lowest BCUT2D eigenvalue weighted by Gasteiger charge is -2.27. The van der Waals surface area contributed by atoms with E-state index in [2.05, 4.69) is 13.8 Å². The van der Waals surface area contributed by atoms with Crippen LogP contribution in [0.2, 0.25) is 0 Å². The highest BCUT2D eigenvalue weighted by Gasteiger charge is 2.36. The monoisotopic (exact) mass is 346 g/mol. The lowest BCUT2D eigenvalue weighted by Crippen LogP contribution is -2.26. The van der Waals surface area contributed by atoms with Crippen LogP contribution in [0.5, 0.6) is 5.75 Å². The van der Waals surface area contributed by atoms with Gasteiger partial charge in [-0.05, 0) is 48.2 Å². The van der Waals surface area contributed by atoms with E-state index in [1.165, 1.54) is 0 Å². The van der Waals surface area contributed by atoms with Crippen LogP contribution in [-0.2, 0) is 6.42 Å². The molecular weight excluding hydrogens is 324 g/mol. The maximum Gasteiger partial charge on any atom is 0.167 e. The second-order valence-electron chi connectivity index (χ2n) is 7.59. The molecule has 0 bridgehead atoms. The van der Waals surface area contributed by atoms with Crippen LogP contribution < -0.4 is 4.74 Å². The first-order valence-corrected chi connectivity index (χ1v) is 8.83. The van der Waals surface area contributed by atoms with Crippen LogP contribution >= 0.6 is 0 Å². The lowest BCUT2D eigenvalue weighted by molar-refractivity contribution is 0.0912. The number of carbonyl (C=O) groups excluding carboxylic acids is 1. The number of benzene rings is 2. The Labute approximate surface area is 153 Å². The molecule has 0 saturated carbocycles. The molecule has 3 aromatic rings. The maximum atomic E-state index is 13.0. The third-order valence-electron chi connectivity index (χ3n) is 4.89. The van der Waals surface area contributed by atoms with Gasteiger partial charge in [-0.3, -0.25) is 4.79 Å². The molecule has 1 aliphatic carbocycles. The molecule has 1 heterocycles. The summed E-state index contributed by atoms with van der Waals surface area (Å²) in [5, 5.41) is 4.85. The molecule has 1 aromatic heterocycles. The summed E-state index contributed by atoms with van der Waals surface area (Å²) in [5.41, 5.74) is 4.39. The Morgan fingerprint density at radius 3 is 2.35 bits per heavy atom. The first-order chi connectivity index (χ1) is 12.5. The van der Waals surface area contributed by atoms with E-state index in [1.54, 1.807) is 7.11 Å². The summed E-state index contributed by atoms with van der Waals surface area (Å²) in [6.45, 7) is 4.25. The number of para-hydroxylation sites is 1. The first kappa shape index (κ1) is 16.6. The van der Waals surface area contributed by atoms with E-state index in [1.807, 2.05) is 59.3 Å². The van der Waals surface area contributed by atoms with Gasteiger partial charge in [-0.15, -0.1) is 0 Å². The molecule has 0 aliphatic heterocycles. The fourth-order valence-electron chi connectivity index (χ4n) is 3.69. The molecule has 0 saturated heterocycles. The van der Waals surface area contributed by atoms with Crippen molar-refractivity contribution in [3.63, 3.8) is 0 Å². The van der Waals surface area contributed by atoms with Crippen molar-refractivity contribution in [3.05, 3.63) is 65.9 Å². The standard InChI is InChI=1S/C22H22N2O2/c1-22(2)13-18-20(19(25)14-22)21(15-9-11-17(26-3)12-10-15)24(23-18)16-7-5-4-6-8-16/h4-12H,13-14H2,1-3H3. The predicted octanol–water partition coefficient (Wildman–Crippen LogP) is 4.70. The van der Waals surface area contributed by atoms with E-state index in [4.69, 9.17) is 9.84 Å². The van der Waals surface area contributed by atoms with Crippen LogP contribution in [0.4, 0.5) is 0 Å². The van der Waals surface area contributed by atoms with E-state index in [-0.39, 0.29) is 11.2 Å². The van der Waals surface area contributed by atoms with Crippen molar-refractivity contribution >= 4 is 5.78 Å². The SMILES string of the molecule is COc1ccc(-c2c3c(nn2-c2ccccc2)CC(C)(C)CC3=O)cc1. The number of Topliss-reactive ketones (excluding diaryl/α,β-unsaturated/α-hetero) is 1. The number of ketones is 1. The van der Waals surface area contributed by atoms with Crippen molar-refractivity contribution in [3.8, 4) is 22.7 Å². The Morgan fingerprint density at radius 2 is 1.69 bits per heavy atom. The Balaban J connectivity index is 1.96. The highest BCUT2D eigenvalue weighted by Crippen LogP contribution is 2.40. The topological polar surface area (TPSA) is 44.1 Å². The minimum Gasteiger partial charge on any atom is -0.497 e. The zero-order valence-corrected chi connectivity index (χ0v) is 15.3. The normalized spacial score (nSPS) is 15.6. The summed E-state index contributed by atoms with van der Waals surface area (Å²) in [6.07, 6.45) is 1.35. The molecular formula is C22H22N2O2. The summed E-state index contributed by atoms with van der Waals surface area (Å²) < 4.78 is 7.18. The van der Waals surface area contributed by atoms with Gasteiger partial charge in [-0.25, -0.2) is 4.68 Å². The molecule has 26 heavy (non-hydrogen) atoms. The summed E-state index contributed by atoms with van der Waals surface area (Å²) in [6, 6.07) is 17.8. The number of hydrogen-bond donors (Lipinski definition) is 0. The number of ether oxygens (including phenoxy) is 1. The van der Waals surface area contributed by atoms with E-state index in [0.29, 0.717) is 6.42 Å². The van der Waals surface area contributed by atoms with Gasteiger partial charge in [0.1, 0.15) is 5.75 Å². The molecule has 0 atom stereocenters. The Morgan fingerprint density at radius 1 is 1.00 bits per heavy atom. The van der Waals surface area contributed by atoms with Gasteiger partial charge in [0.25, 0.3) is 0 Å². The third kappa shape index (κ3) is 2.81. The van der Waals surface area contributed by atoms with Crippen molar-refractivity contribution in [1.82, 2.24) is 9.78 Å². The maximum absolute atomic E-state index is 13.0. The first-order valence-electron chi connectivity index (χ1n) is 8.83. The summed E-state index contributed by atoms with van der Waals surface area (Å²) >= 11 is 0. The van der Waals surface area contributed by atoms with Gasteiger partial charge in [-0.1, -0.05) is 32.0 Å². The van der Waals surface area contributed by atoms with Crippen LogP contribution in [0, 0.1) is 5.41 Å². The van der Waals surface area contributed by atoms with Gasteiger partial charge in [0.15, 0.2) is 5.78 Å². The van der Waals surface area contributed by atoms with Crippen molar-refractivity contribution in [2.75, 3.05) is 7.11 Å². The zero-order chi connectivity index (χ0) is 18.3. The van der Waals surface area contributed by atoms with Crippen molar-refractivity contribution in [1.29, 1.82) is 0 Å². The average Bonchev–Trinajstić information content (AvgIpc) is 3.01. The number of nitrogens with zero attached hydrogens (tertiary/aromatic N) is 2. The number of aromatic nitrogens is 2. The van der Waals surface area contributed by atoms with Crippen molar-refractivity contribution in [2.45, 2.75) is 26.7 Å². The number of methoxy groups -OCH3 is 1. The molecule has 0 spiro atoms. The highest BCUT2D eigenvalue weighted by atomic mass is 16.5. The Kier molecular flexibility index (Phi) is 3.91. The minimum absolute atomic E-state index is 0.0584. The number of rotatable bonds is 3. The van der Waals surface area contributed by atoms with Crippen LogP contribution in [0.15, 0.2) is 54.6 Å². The molecule has 2 aromatic carbocycles. The second kappa shape index (κ2) is 6.13. The van der Waals surface area contributed by atoms with Gasteiger partial charge in [0, 0.05) is 12.0 Å². The van der Waals surface area contributed by atoms with E-state index in [9.17, 15) is 4.79 Å². The van der Waals surface area contributed by atoms with Gasteiger partial charge in [0.2, 0.25) is 0 Å². The summed E-state index contributed by atoms with van der Waals surface area (Å²) in [4.78, 5) is 13.0. The predicted molar refractivity (Wildman–Crippen MR) is 102 cm³/mol. The highest BCUT2D eigenvalue weighted by molar-refractivity contribution is 6.04. The van der Waals surface area contributed by atoms with Crippen LogP contribution in [0.3, 0.4) is 0 Å². The molecule has 0 unspecified atom stereocenters. The molecule has 4 rings (SSSR count). The smallest absolute Gasteiger partial charge is 0.167 e. The number of carbonyl (C=O) groups is 1. The van der Waals surface area contributed by atoms with E-state index in [0.717, 1.165) is 40.4 Å². The van der Waals surface area contributed by atoms with Gasteiger partial charge >= 0.3 is 0 Å². The molecule has 4 heteroatoms. The summed E-state index contributed by atoms with van der Waals surface area (Å²) in [5.74, 6) is 0.963. The van der Waals surface area contributed by atoms with Crippen LogP contribution in [0.25, 0.3) is 16.9 Å². The molecule has 0 radical (unpaired) electrons. The number of fused-ring (bicyclic) bond motifs is 1. The third-order valence-corrected chi connectivity index (χ3v) is 4.89. The van der Waals surface area contributed by atoms with Crippen LogP contribution in [0.1, 0.15) is 36.3 Å². The van der Waals surface area contributed by atoms with Gasteiger partial charge in [0.05, 0.1) is 29.7 Å². The molecule has 0 amide bonds. The molecule has 4 nitrogen and oxygen atoms in total. The molecule has 1 aliphatic rings. The fraction of sp³-hybridized carbons (Fsp3) is 0.273. The average molecular weight is 346 g/mol. The van der Waals surface area contributed by atoms with Crippen LogP contribution in [-0.4, -0.2) is 22.7 Å². The molecule has 132 valence electrons. The molecule has 0 fully saturated rings. The fourth-order valence-corrected chi connectivity index (χ4v) is 3.69.